The van der Waals surface area contributed by atoms with Gasteiger partial charge in [-0.2, -0.15) is 0 Å². The van der Waals surface area contributed by atoms with Gasteiger partial charge in [0.15, 0.2) is 0 Å². The van der Waals surface area contributed by atoms with Crippen molar-refractivity contribution < 1.29 is 24.1 Å². The van der Waals surface area contributed by atoms with Crippen LogP contribution in [0.15, 0.2) is 36.5 Å². The van der Waals surface area contributed by atoms with Crippen molar-refractivity contribution in [2.45, 2.75) is 32.0 Å². The summed E-state index contributed by atoms with van der Waals surface area (Å²) >= 11 is 0. The predicted molar refractivity (Wildman–Crippen MR) is 143 cm³/mol. The maximum absolute atomic E-state index is 13.8. The van der Waals surface area contributed by atoms with E-state index in [9.17, 15) is 9.90 Å². The molecule has 38 heavy (non-hydrogen) atoms. The van der Waals surface area contributed by atoms with E-state index in [1.807, 2.05) is 25.3 Å². The zero-order valence-corrected chi connectivity index (χ0v) is 21.6. The van der Waals surface area contributed by atoms with Gasteiger partial charge in [-0.25, -0.2) is 9.97 Å². The number of morpholine rings is 2. The van der Waals surface area contributed by atoms with Crippen LogP contribution in [0.2, 0.25) is 0 Å². The van der Waals surface area contributed by atoms with Crippen LogP contribution in [0, 0.1) is 6.92 Å². The molecule has 10 nitrogen and oxygen atoms in total. The molecule has 2 atom stereocenters. The number of pyridine rings is 2. The van der Waals surface area contributed by atoms with Gasteiger partial charge in [-0.15, -0.1) is 0 Å². The summed E-state index contributed by atoms with van der Waals surface area (Å²) in [5.41, 5.74) is 3.73. The van der Waals surface area contributed by atoms with E-state index >= 15 is 0 Å². The number of carbonyl (C=O) groups is 1. The Labute approximate surface area is 221 Å². The van der Waals surface area contributed by atoms with Crippen LogP contribution in [0.3, 0.4) is 0 Å². The molecule has 2 unspecified atom stereocenters. The summed E-state index contributed by atoms with van der Waals surface area (Å²) in [5.74, 6) is 0.413. The second kappa shape index (κ2) is 10.8. The van der Waals surface area contributed by atoms with E-state index in [1.54, 1.807) is 18.2 Å². The lowest BCUT2D eigenvalue weighted by Gasteiger charge is -2.44. The number of hydrogen-bond acceptors (Lipinski definition) is 9. The fourth-order valence-electron chi connectivity index (χ4n) is 5.57. The third kappa shape index (κ3) is 5.17. The standard InChI is InChI=1S/C28H33N5O5/c1-18-12-26(34)31-23-3-2-20(14-21(18)23)30-28(35)22-13-19(16-32-5-9-36-10-6-32)15-29-27(22)33-7-11-38-25-4-8-37-17-24(25)33/h2-3,12-15,24-25H,4-11,16-17H2,1H3,(H,30,35)(H,31,34). The quantitative estimate of drug-likeness (QED) is 0.526. The molecular formula is C28H33N5O5. The summed E-state index contributed by atoms with van der Waals surface area (Å²) < 4.78 is 17.3. The van der Waals surface area contributed by atoms with Crippen LogP contribution in [0.1, 0.15) is 27.9 Å². The molecule has 3 aliphatic heterocycles. The largest absolute Gasteiger partial charge is 0.493 e. The second-order valence-corrected chi connectivity index (χ2v) is 10.1. The molecule has 3 saturated heterocycles. The van der Waals surface area contributed by atoms with Crippen LogP contribution >= 0.6 is 0 Å². The van der Waals surface area contributed by atoms with E-state index in [4.69, 9.17) is 19.2 Å². The minimum atomic E-state index is -0.222. The zero-order chi connectivity index (χ0) is 26.1. The van der Waals surface area contributed by atoms with Crippen LogP contribution < -0.4 is 10.2 Å². The number of benzene rings is 1. The lowest BCUT2D eigenvalue weighted by atomic mass is 10.0. The molecule has 3 aliphatic rings. The Morgan fingerprint density at radius 1 is 1.11 bits per heavy atom. The van der Waals surface area contributed by atoms with Gasteiger partial charge in [0.05, 0.1) is 49.7 Å². The van der Waals surface area contributed by atoms with Gasteiger partial charge in [-0.05, 0) is 48.7 Å². The number of nitrogens with one attached hydrogen (secondary N) is 1. The molecule has 1 amide bonds. The normalized spacial score (nSPS) is 22.3. The molecule has 0 spiro atoms. The molecule has 2 N–H and O–H groups in total. The minimum Gasteiger partial charge on any atom is -0.493 e. The van der Waals surface area contributed by atoms with Crippen molar-refractivity contribution in [1.82, 2.24) is 14.9 Å². The topological polar surface area (TPSA) is 109 Å². The Bertz CT molecular complexity index is 1330. The van der Waals surface area contributed by atoms with E-state index in [-0.39, 0.29) is 23.9 Å². The highest BCUT2D eigenvalue weighted by atomic mass is 16.5. The molecule has 10 heteroatoms. The highest BCUT2D eigenvalue weighted by Crippen LogP contribution is 2.30. The van der Waals surface area contributed by atoms with E-state index in [0.717, 1.165) is 36.0 Å². The summed E-state index contributed by atoms with van der Waals surface area (Å²) in [5, 5.41) is 13.8. The predicted octanol–water partition coefficient (Wildman–Crippen LogP) is 2.72. The number of rotatable bonds is 5. The lowest BCUT2D eigenvalue weighted by molar-refractivity contribution is -0.0655. The van der Waals surface area contributed by atoms with Gasteiger partial charge < -0.3 is 29.5 Å². The van der Waals surface area contributed by atoms with Crippen molar-refractivity contribution >= 4 is 28.3 Å². The van der Waals surface area contributed by atoms with Gasteiger partial charge in [0.1, 0.15) is 5.82 Å². The van der Waals surface area contributed by atoms with Gasteiger partial charge in [-0.3, -0.25) is 9.69 Å². The molecule has 6 rings (SSSR count). The maximum atomic E-state index is 13.8. The number of carbonyl (C=O) groups excluding carboxylic acids is 1. The molecule has 0 radical (unpaired) electrons. The first-order chi connectivity index (χ1) is 18.5. The zero-order valence-electron chi connectivity index (χ0n) is 21.6. The number of aromatic hydroxyl groups is 1. The number of nitrogens with zero attached hydrogens (tertiary/aromatic N) is 4. The van der Waals surface area contributed by atoms with Crippen molar-refractivity contribution in [2.75, 3.05) is 62.9 Å². The number of amides is 1. The Balaban J connectivity index is 1.32. The molecule has 5 heterocycles. The number of aryl methyl sites for hydroxylation is 1. The third-order valence-corrected chi connectivity index (χ3v) is 7.54. The molecule has 0 bridgehead atoms. The van der Waals surface area contributed by atoms with Gasteiger partial charge in [0.25, 0.3) is 5.91 Å². The Kier molecular flexibility index (Phi) is 7.12. The average molecular weight is 520 g/mol. The van der Waals surface area contributed by atoms with E-state index in [1.165, 1.54) is 0 Å². The third-order valence-electron chi connectivity index (χ3n) is 7.54. The molecule has 2 aromatic heterocycles. The highest BCUT2D eigenvalue weighted by Gasteiger charge is 2.37. The minimum absolute atomic E-state index is 0.0173. The summed E-state index contributed by atoms with van der Waals surface area (Å²) in [6.45, 7) is 8.21. The van der Waals surface area contributed by atoms with Gasteiger partial charge >= 0.3 is 0 Å². The molecule has 0 saturated carbocycles. The second-order valence-electron chi connectivity index (χ2n) is 10.1. The summed E-state index contributed by atoms with van der Waals surface area (Å²) in [4.78, 5) is 27.4. The first kappa shape index (κ1) is 25.0. The molecule has 1 aromatic carbocycles. The Morgan fingerprint density at radius 2 is 1.97 bits per heavy atom. The van der Waals surface area contributed by atoms with Crippen molar-refractivity contribution in [1.29, 1.82) is 0 Å². The molecular weight excluding hydrogens is 486 g/mol. The fourth-order valence-corrected chi connectivity index (χ4v) is 5.57. The Morgan fingerprint density at radius 3 is 2.84 bits per heavy atom. The highest BCUT2D eigenvalue weighted by molar-refractivity contribution is 6.08. The van der Waals surface area contributed by atoms with Crippen LogP contribution in [-0.4, -0.2) is 90.7 Å². The van der Waals surface area contributed by atoms with E-state index < -0.39 is 0 Å². The molecule has 3 aromatic rings. The van der Waals surface area contributed by atoms with Crippen molar-refractivity contribution in [3.8, 4) is 5.88 Å². The average Bonchev–Trinajstić information content (AvgIpc) is 2.93. The van der Waals surface area contributed by atoms with Gasteiger partial charge in [0.2, 0.25) is 5.88 Å². The number of aromatic nitrogens is 2. The SMILES string of the molecule is Cc1cc(O)nc2ccc(NC(=O)c3cc(CN4CCOCC4)cnc3N3CCOC4CCOCC43)cc12. The van der Waals surface area contributed by atoms with Crippen molar-refractivity contribution in [2.24, 2.45) is 0 Å². The number of ether oxygens (including phenoxy) is 3. The number of fused-ring (bicyclic) bond motifs is 2. The van der Waals surface area contributed by atoms with Crippen LogP contribution in [0.5, 0.6) is 5.88 Å². The molecule has 3 fully saturated rings. The van der Waals surface area contributed by atoms with Crippen LogP contribution in [-0.2, 0) is 20.8 Å². The van der Waals surface area contributed by atoms with Crippen LogP contribution in [0.4, 0.5) is 11.5 Å². The summed E-state index contributed by atoms with van der Waals surface area (Å²) in [6, 6.07) is 9.09. The molecule has 0 aliphatic carbocycles. The fraction of sp³-hybridized carbons (Fsp3) is 0.464. The summed E-state index contributed by atoms with van der Waals surface area (Å²) in [7, 11) is 0. The van der Waals surface area contributed by atoms with E-state index in [0.29, 0.717) is 68.7 Å². The smallest absolute Gasteiger partial charge is 0.259 e. The maximum Gasteiger partial charge on any atom is 0.259 e. The monoisotopic (exact) mass is 519 g/mol. The first-order valence-electron chi connectivity index (χ1n) is 13.2. The van der Waals surface area contributed by atoms with E-state index in [2.05, 4.69) is 20.1 Å². The van der Waals surface area contributed by atoms with Crippen molar-refractivity contribution in [3.63, 3.8) is 0 Å². The molecule has 200 valence electrons. The van der Waals surface area contributed by atoms with Crippen LogP contribution in [0.25, 0.3) is 10.9 Å². The van der Waals surface area contributed by atoms with Gasteiger partial charge in [0, 0.05) is 56.1 Å². The first-order valence-corrected chi connectivity index (χ1v) is 13.2. The van der Waals surface area contributed by atoms with Gasteiger partial charge in [-0.1, -0.05) is 0 Å². The lowest BCUT2D eigenvalue weighted by Crippen LogP contribution is -2.56. The Hall–Kier alpha value is -3.31. The summed E-state index contributed by atoms with van der Waals surface area (Å²) in [6.07, 6.45) is 2.78. The number of hydrogen-bond donors (Lipinski definition) is 2. The number of anilines is 2. The van der Waals surface area contributed by atoms with Crippen molar-refractivity contribution in [3.05, 3.63) is 53.2 Å².